The molecule has 0 spiro atoms. The molecule has 1 aromatic heterocycles. The van der Waals surface area contributed by atoms with Gasteiger partial charge in [-0.25, -0.2) is 5.43 Å². The van der Waals surface area contributed by atoms with Crippen molar-refractivity contribution in [3.05, 3.63) is 70.9 Å². The van der Waals surface area contributed by atoms with E-state index in [9.17, 15) is 9.59 Å². The average Bonchev–Trinajstić information content (AvgIpc) is 3.02. The zero-order chi connectivity index (χ0) is 21.0. The largest absolute Gasteiger partial charge is 0.350 e. The molecule has 1 atom stereocenters. The third-order valence-electron chi connectivity index (χ3n) is 4.65. The molecule has 29 heavy (non-hydrogen) atoms. The predicted molar refractivity (Wildman–Crippen MR) is 116 cm³/mol. The molecule has 150 valence electrons. The zero-order valence-corrected chi connectivity index (χ0v) is 17.3. The van der Waals surface area contributed by atoms with Crippen LogP contribution in [0, 0.1) is 5.92 Å². The summed E-state index contributed by atoms with van der Waals surface area (Å²) in [7, 11) is 1.96. The number of nitrogens with zero attached hydrogens (tertiary/aromatic N) is 2. The summed E-state index contributed by atoms with van der Waals surface area (Å²) in [5, 5.41) is 8.45. The summed E-state index contributed by atoms with van der Waals surface area (Å²) in [5.41, 5.74) is 4.95. The van der Waals surface area contributed by atoms with Crippen LogP contribution in [-0.2, 0) is 11.8 Å². The summed E-state index contributed by atoms with van der Waals surface area (Å²) >= 11 is 5.86. The number of fused-ring (bicyclic) bond motifs is 1. The zero-order valence-electron chi connectivity index (χ0n) is 16.5. The van der Waals surface area contributed by atoms with Crippen molar-refractivity contribution in [2.75, 3.05) is 0 Å². The molecule has 2 N–H and O–H groups in total. The predicted octanol–water partition coefficient (Wildman–Crippen LogP) is 3.74. The van der Waals surface area contributed by atoms with Gasteiger partial charge in [0.2, 0.25) is 0 Å². The third kappa shape index (κ3) is 4.84. The molecule has 3 aromatic rings. The maximum Gasteiger partial charge on any atom is 0.262 e. The van der Waals surface area contributed by atoms with Crippen LogP contribution in [0.5, 0.6) is 0 Å². The highest BCUT2D eigenvalue weighted by Gasteiger charge is 2.24. The quantitative estimate of drug-likeness (QED) is 0.480. The molecule has 0 fully saturated rings. The van der Waals surface area contributed by atoms with Crippen molar-refractivity contribution >= 4 is 40.5 Å². The van der Waals surface area contributed by atoms with E-state index < -0.39 is 6.04 Å². The number of hydrogen-bond donors (Lipinski definition) is 2. The standard InChI is InChI=1S/C22H23ClN4O2/c1-14(2)20(25-21(28)15-8-10-17(23)11-9-15)22(29)26-24-12-16-13-27(3)19-7-5-4-6-18(16)19/h4-14,20H,1-3H3,(H,25,28)(H,26,29)/b24-12-. The second-order valence-corrected chi connectivity index (χ2v) is 7.59. The normalized spacial score (nSPS) is 12.4. The molecule has 3 rings (SSSR count). The second kappa shape index (κ2) is 8.92. The summed E-state index contributed by atoms with van der Waals surface area (Å²) in [6.45, 7) is 3.72. The van der Waals surface area contributed by atoms with Crippen molar-refractivity contribution in [3.63, 3.8) is 0 Å². The minimum absolute atomic E-state index is 0.112. The third-order valence-corrected chi connectivity index (χ3v) is 4.90. The lowest BCUT2D eigenvalue weighted by atomic mass is 10.0. The van der Waals surface area contributed by atoms with E-state index in [0.717, 1.165) is 16.5 Å². The first-order valence-electron chi connectivity index (χ1n) is 9.30. The van der Waals surface area contributed by atoms with E-state index in [1.54, 1.807) is 30.5 Å². The monoisotopic (exact) mass is 410 g/mol. The summed E-state index contributed by atoms with van der Waals surface area (Å²) in [4.78, 5) is 25.0. The van der Waals surface area contributed by atoms with E-state index in [0.29, 0.717) is 10.6 Å². The number of aryl methyl sites for hydroxylation is 1. The first kappa shape index (κ1) is 20.6. The van der Waals surface area contributed by atoms with Crippen LogP contribution in [0.15, 0.2) is 59.8 Å². The lowest BCUT2D eigenvalue weighted by molar-refractivity contribution is -0.123. The van der Waals surface area contributed by atoms with Gasteiger partial charge < -0.3 is 9.88 Å². The molecule has 0 bridgehead atoms. The highest BCUT2D eigenvalue weighted by Crippen LogP contribution is 2.18. The van der Waals surface area contributed by atoms with E-state index in [-0.39, 0.29) is 17.7 Å². The summed E-state index contributed by atoms with van der Waals surface area (Å²) in [6, 6.07) is 13.7. The second-order valence-electron chi connectivity index (χ2n) is 7.15. The fraction of sp³-hybridized carbons (Fsp3) is 0.227. The first-order chi connectivity index (χ1) is 13.9. The van der Waals surface area contributed by atoms with Crippen molar-refractivity contribution in [3.8, 4) is 0 Å². The molecule has 0 saturated carbocycles. The number of para-hydroxylation sites is 1. The Morgan fingerprint density at radius 3 is 2.48 bits per heavy atom. The van der Waals surface area contributed by atoms with Gasteiger partial charge in [0, 0.05) is 40.3 Å². The summed E-state index contributed by atoms with van der Waals surface area (Å²) in [6.07, 6.45) is 3.56. The van der Waals surface area contributed by atoms with Gasteiger partial charge in [0.1, 0.15) is 6.04 Å². The summed E-state index contributed by atoms with van der Waals surface area (Å²) in [5.74, 6) is -0.827. The number of hydrazone groups is 1. The lowest BCUT2D eigenvalue weighted by Crippen LogP contribution is -2.48. The Balaban J connectivity index is 1.68. The molecular weight excluding hydrogens is 388 g/mol. The first-order valence-corrected chi connectivity index (χ1v) is 9.68. The van der Waals surface area contributed by atoms with Crippen LogP contribution in [0.4, 0.5) is 0 Å². The van der Waals surface area contributed by atoms with Gasteiger partial charge in [0.15, 0.2) is 0 Å². The van der Waals surface area contributed by atoms with Crippen LogP contribution in [-0.4, -0.2) is 28.6 Å². The Kier molecular flexibility index (Phi) is 6.34. The van der Waals surface area contributed by atoms with Crippen LogP contribution in [0.3, 0.4) is 0 Å². The van der Waals surface area contributed by atoms with E-state index in [2.05, 4.69) is 15.8 Å². The van der Waals surface area contributed by atoms with Crippen molar-refractivity contribution in [1.82, 2.24) is 15.3 Å². The van der Waals surface area contributed by atoms with Crippen molar-refractivity contribution in [2.45, 2.75) is 19.9 Å². The number of aromatic nitrogens is 1. The molecule has 1 unspecified atom stereocenters. The van der Waals surface area contributed by atoms with E-state index in [4.69, 9.17) is 11.6 Å². The molecule has 6 nitrogen and oxygen atoms in total. The van der Waals surface area contributed by atoms with Gasteiger partial charge in [-0.3, -0.25) is 9.59 Å². The maximum absolute atomic E-state index is 12.6. The van der Waals surface area contributed by atoms with Crippen molar-refractivity contribution in [2.24, 2.45) is 18.1 Å². The van der Waals surface area contributed by atoms with Crippen LogP contribution < -0.4 is 10.7 Å². The van der Waals surface area contributed by atoms with E-state index in [1.165, 1.54) is 0 Å². The molecular formula is C22H23ClN4O2. The van der Waals surface area contributed by atoms with Crippen molar-refractivity contribution < 1.29 is 9.59 Å². The molecule has 7 heteroatoms. The van der Waals surface area contributed by atoms with E-state index in [1.807, 2.05) is 55.9 Å². The average molecular weight is 411 g/mol. The molecule has 1 heterocycles. The number of carbonyl (C=O) groups is 2. The number of halogens is 1. The molecule has 0 saturated heterocycles. The Morgan fingerprint density at radius 2 is 1.79 bits per heavy atom. The molecule has 0 aliphatic heterocycles. The highest BCUT2D eigenvalue weighted by molar-refractivity contribution is 6.30. The van der Waals surface area contributed by atoms with Gasteiger partial charge in [-0.15, -0.1) is 0 Å². The Labute approximate surface area is 174 Å². The molecule has 2 aromatic carbocycles. The number of hydrogen-bond acceptors (Lipinski definition) is 3. The van der Waals surface area contributed by atoms with Crippen LogP contribution in [0.25, 0.3) is 10.9 Å². The van der Waals surface area contributed by atoms with Crippen LogP contribution >= 0.6 is 11.6 Å². The summed E-state index contributed by atoms with van der Waals surface area (Å²) < 4.78 is 2.00. The van der Waals surface area contributed by atoms with Crippen LogP contribution in [0.2, 0.25) is 5.02 Å². The number of rotatable bonds is 6. The minimum Gasteiger partial charge on any atom is -0.350 e. The fourth-order valence-electron chi connectivity index (χ4n) is 3.07. The number of carbonyl (C=O) groups excluding carboxylic acids is 2. The minimum atomic E-state index is -0.720. The fourth-order valence-corrected chi connectivity index (χ4v) is 3.20. The van der Waals surface area contributed by atoms with Gasteiger partial charge in [0.05, 0.1) is 6.21 Å². The number of nitrogens with one attached hydrogen (secondary N) is 2. The smallest absolute Gasteiger partial charge is 0.262 e. The van der Waals surface area contributed by atoms with E-state index >= 15 is 0 Å². The number of benzene rings is 2. The lowest BCUT2D eigenvalue weighted by Gasteiger charge is -2.20. The van der Waals surface area contributed by atoms with Gasteiger partial charge >= 0.3 is 0 Å². The van der Waals surface area contributed by atoms with Gasteiger partial charge in [0.25, 0.3) is 11.8 Å². The topological polar surface area (TPSA) is 75.5 Å². The molecule has 0 aliphatic carbocycles. The van der Waals surface area contributed by atoms with Gasteiger partial charge in [-0.05, 0) is 36.2 Å². The Hall–Kier alpha value is -3.12. The van der Waals surface area contributed by atoms with Gasteiger partial charge in [-0.1, -0.05) is 43.6 Å². The Morgan fingerprint density at radius 1 is 1.10 bits per heavy atom. The SMILES string of the molecule is CC(C)C(NC(=O)c1ccc(Cl)cc1)C(=O)N/N=C\c1cn(C)c2ccccc12. The molecule has 0 radical (unpaired) electrons. The molecule has 2 amide bonds. The van der Waals surface area contributed by atoms with Gasteiger partial charge in [-0.2, -0.15) is 5.10 Å². The number of amides is 2. The van der Waals surface area contributed by atoms with Crippen LogP contribution in [0.1, 0.15) is 29.8 Å². The van der Waals surface area contributed by atoms with Crippen molar-refractivity contribution in [1.29, 1.82) is 0 Å². The Bertz CT molecular complexity index is 1050. The molecule has 0 aliphatic rings. The highest BCUT2D eigenvalue weighted by atomic mass is 35.5. The maximum atomic E-state index is 12.6.